The van der Waals surface area contributed by atoms with Crippen molar-refractivity contribution in [2.75, 3.05) is 37.7 Å². The quantitative estimate of drug-likeness (QED) is 0.819. The smallest absolute Gasteiger partial charge is 0.247 e. The SMILES string of the molecule is O=C(Cc1ccc(F)cc1)N1CC(N2CCC3(CC2)C(=O)NCN3c2ccccc2)C1. The average Bonchev–Trinajstić information content (AvgIpc) is 3.06. The Hall–Kier alpha value is -2.93. The summed E-state index contributed by atoms with van der Waals surface area (Å²) in [6.45, 7) is 3.70. The van der Waals surface area contributed by atoms with Crippen LogP contribution >= 0.6 is 0 Å². The number of hydrogen-bond donors (Lipinski definition) is 1. The maximum absolute atomic E-state index is 13.0. The molecule has 3 heterocycles. The first-order chi connectivity index (χ1) is 15.0. The van der Waals surface area contributed by atoms with Crippen molar-refractivity contribution in [3.8, 4) is 0 Å². The number of rotatable bonds is 4. The molecule has 0 radical (unpaired) electrons. The zero-order valence-corrected chi connectivity index (χ0v) is 17.5. The lowest BCUT2D eigenvalue weighted by atomic mass is 9.84. The summed E-state index contributed by atoms with van der Waals surface area (Å²) in [7, 11) is 0. The molecular weight excluding hydrogens is 395 g/mol. The molecule has 2 aromatic carbocycles. The summed E-state index contributed by atoms with van der Waals surface area (Å²) in [6.07, 6.45) is 1.88. The summed E-state index contributed by atoms with van der Waals surface area (Å²) < 4.78 is 13.0. The first-order valence-corrected chi connectivity index (χ1v) is 10.9. The van der Waals surface area contributed by atoms with Crippen LogP contribution in [0.4, 0.5) is 10.1 Å². The standard InChI is InChI=1S/C24H27FN4O2/c25-19-8-6-18(7-9-19)14-22(30)28-15-21(16-28)27-12-10-24(11-13-27)23(31)26-17-29(24)20-4-2-1-3-5-20/h1-9,21H,10-17H2,(H,26,31). The van der Waals surface area contributed by atoms with E-state index in [1.165, 1.54) is 12.1 Å². The number of likely N-dealkylation sites (tertiary alicyclic amines) is 2. The van der Waals surface area contributed by atoms with Gasteiger partial charge in [-0.1, -0.05) is 30.3 Å². The summed E-state index contributed by atoms with van der Waals surface area (Å²) in [6, 6.07) is 16.6. The van der Waals surface area contributed by atoms with Crippen LogP contribution in [-0.4, -0.2) is 66.0 Å². The number of para-hydroxylation sites is 1. The van der Waals surface area contributed by atoms with Crippen molar-refractivity contribution < 1.29 is 14.0 Å². The largest absolute Gasteiger partial charge is 0.339 e. The van der Waals surface area contributed by atoms with Gasteiger partial charge < -0.3 is 15.1 Å². The minimum atomic E-state index is -0.473. The number of nitrogens with zero attached hydrogens (tertiary/aromatic N) is 3. The van der Waals surface area contributed by atoms with E-state index in [9.17, 15) is 14.0 Å². The van der Waals surface area contributed by atoms with E-state index in [0.717, 1.165) is 50.3 Å². The van der Waals surface area contributed by atoms with Crippen LogP contribution in [0.15, 0.2) is 54.6 Å². The second kappa shape index (κ2) is 7.96. The Balaban J connectivity index is 1.16. The summed E-state index contributed by atoms with van der Waals surface area (Å²) in [5, 5.41) is 3.04. The lowest BCUT2D eigenvalue weighted by molar-refractivity contribution is -0.138. The molecule has 162 valence electrons. The Morgan fingerprint density at radius 3 is 2.39 bits per heavy atom. The molecule has 1 N–H and O–H groups in total. The first kappa shape index (κ1) is 20.0. The molecule has 0 aliphatic carbocycles. The van der Waals surface area contributed by atoms with Crippen molar-refractivity contribution >= 4 is 17.5 Å². The Kier molecular flexibility index (Phi) is 5.14. The van der Waals surface area contributed by atoms with E-state index in [1.807, 2.05) is 23.1 Å². The van der Waals surface area contributed by atoms with Crippen molar-refractivity contribution in [1.82, 2.24) is 15.1 Å². The fourth-order valence-corrected chi connectivity index (χ4v) is 5.07. The van der Waals surface area contributed by atoms with Crippen LogP contribution in [0.3, 0.4) is 0 Å². The molecule has 0 bridgehead atoms. The van der Waals surface area contributed by atoms with E-state index in [-0.39, 0.29) is 17.6 Å². The lowest BCUT2D eigenvalue weighted by Gasteiger charge is -2.50. The van der Waals surface area contributed by atoms with E-state index >= 15 is 0 Å². The third-order valence-corrected chi connectivity index (χ3v) is 7.03. The molecule has 0 saturated carbocycles. The van der Waals surface area contributed by atoms with E-state index in [1.54, 1.807) is 12.1 Å². The van der Waals surface area contributed by atoms with Gasteiger partial charge in [-0.25, -0.2) is 4.39 Å². The third-order valence-electron chi connectivity index (χ3n) is 7.03. The minimum Gasteiger partial charge on any atom is -0.339 e. The van der Waals surface area contributed by atoms with Gasteiger partial charge in [0.25, 0.3) is 0 Å². The summed E-state index contributed by atoms with van der Waals surface area (Å²) in [5.41, 5.74) is 1.44. The van der Waals surface area contributed by atoms with E-state index in [2.05, 4.69) is 27.2 Å². The number of hydrogen-bond acceptors (Lipinski definition) is 4. The predicted octanol–water partition coefficient (Wildman–Crippen LogP) is 2.01. The van der Waals surface area contributed by atoms with Gasteiger partial charge in [0, 0.05) is 37.9 Å². The van der Waals surface area contributed by atoms with Gasteiger partial charge in [0.05, 0.1) is 13.1 Å². The molecular formula is C24H27FN4O2. The van der Waals surface area contributed by atoms with Gasteiger partial charge in [0.1, 0.15) is 11.4 Å². The van der Waals surface area contributed by atoms with Crippen molar-refractivity contribution in [3.63, 3.8) is 0 Å². The molecule has 5 rings (SSSR count). The van der Waals surface area contributed by atoms with Crippen LogP contribution in [0.1, 0.15) is 18.4 Å². The number of halogens is 1. The van der Waals surface area contributed by atoms with Crippen LogP contribution in [0.2, 0.25) is 0 Å². The normalized spacial score (nSPS) is 21.3. The van der Waals surface area contributed by atoms with Gasteiger partial charge in [-0.3, -0.25) is 14.5 Å². The molecule has 3 saturated heterocycles. The highest BCUT2D eigenvalue weighted by Crippen LogP contribution is 2.37. The number of benzene rings is 2. The fraction of sp³-hybridized carbons (Fsp3) is 0.417. The van der Waals surface area contributed by atoms with E-state index in [4.69, 9.17) is 0 Å². The molecule has 2 aromatic rings. The van der Waals surface area contributed by atoms with Crippen LogP contribution in [0, 0.1) is 5.82 Å². The summed E-state index contributed by atoms with van der Waals surface area (Å²) in [5.74, 6) is -0.0765. The molecule has 0 atom stereocenters. The number of piperidine rings is 1. The van der Waals surface area contributed by atoms with Crippen LogP contribution < -0.4 is 10.2 Å². The van der Waals surface area contributed by atoms with Gasteiger partial charge >= 0.3 is 0 Å². The van der Waals surface area contributed by atoms with Gasteiger partial charge in [-0.15, -0.1) is 0 Å². The van der Waals surface area contributed by atoms with Crippen LogP contribution in [-0.2, 0) is 16.0 Å². The summed E-state index contributed by atoms with van der Waals surface area (Å²) in [4.78, 5) is 31.8. The van der Waals surface area contributed by atoms with Crippen LogP contribution in [0.5, 0.6) is 0 Å². The molecule has 3 aliphatic heterocycles. The van der Waals surface area contributed by atoms with Gasteiger partial charge in [0.2, 0.25) is 11.8 Å². The summed E-state index contributed by atoms with van der Waals surface area (Å²) >= 11 is 0. The van der Waals surface area contributed by atoms with Crippen LogP contribution in [0.25, 0.3) is 0 Å². The topological polar surface area (TPSA) is 55.9 Å². The van der Waals surface area contributed by atoms with Gasteiger partial charge in [0.15, 0.2) is 0 Å². The Bertz CT molecular complexity index is 951. The number of amides is 2. The van der Waals surface area contributed by atoms with Gasteiger partial charge in [-0.2, -0.15) is 0 Å². The maximum atomic E-state index is 13.0. The van der Waals surface area contributed by atoms with Crippen molar-refractivity contribution in [2.45, 2.75) is 30.8 Å². The molecule has 7 heteroatoms. The molecule has 3 aliphatic rings. The monoisotopic (exact) mass is 422 g/mol. The molecule has 1 spiro atoms. The minimum absolute atomic E-state index is 0.0850. The number of carbonyl (C=O) groups excluding carboxylic acids is 2. The van der Waals surface area contributed by atoms with Crippen molar-refractivity contribution in [3.05, 3.63) is 66.0 Å². The fourth-order valence-electron chi connectivity index (χ4n) is 5.07. The highest BCUT2D eigenvalue weighted by molar-refractivity contribution is 5.93. The second-order valence-corrected chi connectivity index (χ2v) is 8.75. The third kappa shape index (κ3) is 3.67. The van der Waals surface area contributed by atoms with E-state index < -0.39 is 5.54 Å². The number of nitrogens with one attached hydrogen (secondary N) is 1. The molecule has 2 amide bonds. The number of carbonyl (C=O) groups is 2. The first-order valence-electron chi connectivity index (χ1n) is 10.9. The molecule has 31 heavy (non-hydrogen) atoms. The van der Waals surface area contributed by atoms with E-state index in [0.29, 0.717) is 19.1 Å². The number of anilines is 1. The Labute approximate surface area is 181 Å². The van der Waals surface area contributed by atoms with Crippen molar-refractivity contribution in [2.24, 2.45) is 0 Å². The molecule has 3 fully saturated rings. The average molecular weight is 423 g/mol. The maximum Gasteiger partial charge on any atom is 0.247 e. The Morgan fingerprint density at radius 1 is 1.03 bits per heavy atom. The van der Waals surface area contributed by atoms with Crippen molar-refractivity contribution in [1.29, 1.82) is 0 Å². The second-order valence-electron chi connectivity index (χ2n) is 8.75. The molecule has 0 unspecified atom stereocenters. The Morgan fingerprint density at radius 2 is 1.71 bits per heavy atom. The predicted molar refractivity (Wildman–Crippen MR) is 116 cm³/mol. The van der Waals surface area contributed by atoms with Gasteiger partial charge in [-0.05, 0) is 42.7 Å². The zero-order valence-electron chi connectivity index (χ0n) is 17.5. The zero-order chi connectivity index (χ0) is 21.4. The highest BCUT2D eigenvalue weighted by Gasteiger charge is 2.51. The highest BCUT2D eigenvalue weighted by atomic mass is 19.1. The molecule has 0 aromatic heterocycles. The lowest BCUT2D eigenvalue weighted by Crippen LogP contribution is -2.65. The molecule has 6 nitrogen and oxygen atoms in total.